The van der Waals surface area contributed by atoms with Crippen molar-refractivity contribution in [1.29, 1.82) is 5.26 Å². The summed E-state index contributed by atoms with van der Waals surface area (Å²) < 4.78 is 0. The second-order valence-corrected chi connectivity index (χ2v) is 4.13. The van der Waals surface area contributed by atoms with Gasteiger partial charge >= 0.3 is 5.69 Å². The molecule has 0 saturated carbocycles. The Morgan fingerprint density at radius 1 is 1.71 bits per heavy atom. The molecule has 7 heteroatoms. The van der Waals surface area contributed by atoms with Crippen LogP contribution in [0.2, 0.25) is 0 Å². The average molecular weight is 236 g/mol. The Hall–Kier alpha value is -2.20. The van der Waals surface area contributed by atoms with Gasteiger partial charge in [0.05, 0.1) is 16.1 Å². The molecule has 1 aromatic heterocycles. The summed E-state index contributed by atoms with van der Waals surface area (Å²) in [5.41, 5.74) is -1.18. The van der Waals surface area contributed by atoms with E-state index in [0.29, 0.717) is 0 Å². The zero-order chi connectivity index (χ0) is 13.1. The third-order valence-electron chi connectivity index (χ3n) is 1.88. The summed E-state index contributed by atoms with van der Waals surface area (Å²) in [7, 11) is 0. The van der Waals surface area contributed by atoms with Gasteiger partial charge in [-0.1, -0.05) is 0 Å². The number of anilines is 1. The van der Waals surface area contributed by atoms with E-state index in [1.54, 1.807) is 19.9 Å². The van der Waals surface area contributed by atoms with Gasteiger partial charge in [0.1, 0.15) is 6.07 Å². The van der Waals surface area contributed by atoms with Crippen LogP contribution in [0.3, 0.4) is 0 Å². The fourth-order valence-corrected chi connectivity index (χ4v) is 1.09. The topological polar surface area (TPSA) is 112 Å². The van der Waals surface area contributed by atoms with E-state index in [1.165, 1.54) is 6.20 Å². The number of aromatic nitrogens is 1. The molecule has 0 spiro atoms. The molecule has 0 fully saturated rings. The fourth-order valence-electron chi connectivity index (χ4n) is 1.09. The molecule has 0 atom stereocenters. The normalized spacial score (nSPS) is 10.7. The van der Waals surface area contributed by atoms with E-state index in [9.17, 15) is 15.2 Å². The van der Waals surface area contributed by atoms with E-state index in [0.717, 1.165) is 6.07 Å². The first-order valence-corrected chi connectivity index (χ1v) is 4.84. The summed E-state index contributed by atoms with van der Waals surface area (Å²) in [5.74, 6) is 0.0381. The zero-order valence-corrected chi connectivity index (χ0v) is 9.47. The summed E-state index contributed by atoms with van der Waals surface area (Å²) in [6.07, 6.45) is 1.24. The number of nitriles is 1. The minimum absolute atomic E-state index is 0.0381. The lowest BCUT2D eigenvalue weighted by atomic mass is 10.1. The Balaban J connectivity index is 3.00. The van der Waals surface area contributed by atoms with E-state index in [-0.39, 0.29) is 23.6 Å². The van der Waals surface area contributed by atoms with Crippen LogP contribution in [0.4, 0.5) is 11.5 Å². The summed E-state index contributed by atoms with van der Waals surface area (Å²) in [5, 5.41) is 31.6. The van der Waals surface area contributed by atoms with E-state index >= 15 is 0 Å². The summed E-state index contributed by atoms with van der Waals surface area (Å²) in [6.45, 7) is 3.25. The number of nitro groups is 1. The Morgan fingerprint density at radius 3 is 2.82 bits per heavy atom. The van der Waals surface area contributed by atoms with Crippen LogP contribution in [0, 0.1) is 21.4 Å². The predicted octanol–water partition coefficient (Wildman–Crippen LogP) is 1.04. The Labute approximate surface area is 97.9 Å². The van der Waals surface area contributed by atoms with Crippen LogP contribution in [0.1, 0.15) is 19.4 Å². The molecule has 0 aromatic carbocycles. The highest BCUT2D eigenvalue weighted by atomic mass is 16.6. The second kappa shape index (κ2) is 4.76. The molecule has 0 aliphatic carbocycles. The molecular weight excluding hydrogens is 224 g/mol. The van der Waals surface area contributed by atoms with Crippen molar-refractivity contribution in [3.05, 3.63) is 27.9 Å². The average Bonchev–Trinajstić information content (AvgIpc) is 2.25. The van der Waals surface area contributed by atoms with E-state index in [2.05, 4.69) is 10.3 Å². The lowest BCUT2D eigenvalue weighted by Crippen LogP contribution is -2.29. The van der Waals surface area contributed by atoms with Crippen LogP contribution in [0.25, 0.3) is 0 Å². The van der Waals surface area contributed by atoms with Crippen LogP contribution in [0.5, 0.6) is 0 Å². The second-order valence-electron chi connectivity index (χ2n) is 4.13. The molecule has 0 unspecified atom stereocenters. The third kappa shape index (κ3) is 3.70. The zero-order valence-electron chi connectivity index (χ0n) is 9.47. The summed E-state index contributed by atoms with van der Waals surface area (Å²) in [6, 6.07) is 2.92. The molecule has 1 aromatic rings. The van der Waals surface area contributed by atoms with Gasteiger partial charge in [-0.2, -0.15) is 5.26 Å². The third-order valence-corrected chi connectivity index (χ3v) is 1.88. The van der Waals surface area contributed by atoms with Crippen LogP contribution < -0.4 is 5.32 Å². The van der Waals surface area contributed by atoms with Crippen molar-refractivity contribution >= 4 is 11.5 Å². The fraction of sp³-hybridized carbons (Fsp3) is 0.400. The number of aliphatic hydroxyl groups is 1. The molecule has 1 rings (SSSR count). The molecule has 0 saturated heterocycles. The number of rotatable bonds is 4. The number of hydrogen-bond donors (Lipinski definition) is 2. The Bertz CT molecular complexity index is 473. The van der Waals surface area contributed by atoms with Crippen molar-refractivity contribution in [3.8, 4) is 6.07 Å². The lowest BCUT2D eigenvalue weighted by molar-refractivity contribution is -0.384. The highest BCUT2D eigenvalue weighted by Crippen LogP contribution is 2.22. The van der Waals surface area contributed by atoms with E-state index in [1.807, 2.05) is 0 Å². The molecule has 1 heterocycles. The molecule has 0 aliphatic heterocycles. The van der Waals surface area contributed by atoms with Gasteiger partial charge in [-0.15, -0.1) is 0 Å². The van der Waals surface area contributed by atoms with Gasteiger partial charge in [0, 0.05) is 18.8 Å². The highest BCUT2D eigenvalue weighted by Gasteiger charge is 2.19. The van der Waals surface area contributed by atoms with Gasteiger partial charge in [0.2, 0.25) is 5.82 Å². The smallest absolute Gasteiger partial charge is 0.312 e. The molecule has 17 heavy (non-hydrogen) atoms. The van der Waals surface area contributed by atoms with E-state index < -0.39 is 10.5 Å². The monoisotopic (exact) mass is 236 g/mol. The van der Waals surface area contributed by atoms with Crippen LogP contribution in [-0.4, -0.2) is 27.2 Å². The number of nitrogens with one attached hydrogen (secondary N) is 1. The van der Waals surface area contributed by atoms with Gasteiger partial charge in [-0.25, -0.2) is 4.98 Å². The van der Waals surface area contributed by atoms with Gasteiger partial charge < -0.3 is 10.4 Å². The SMILES string of the molecule is CC(C)(O)CNc1ncc(C#N)cc1[N+](=O)[O-]. The number of hydrogen-bond acceptors (Lipinski definition) is 6. The molecule has 0 radical (unpaired) electrons. The Morgan fingerprint density at radius 2 is 2.35 bits per heavy atom. The van der Waals surface area contributed by atoms with Crippen molar-refractivity contribution in [2.75, 3.05) is 11.9 Å². The number of nitrogens with zero attached hydrogens (tertiary/aromatic N) is 3. The molecule has 2 N–H and O–H groups in total. The Kier molecular flexibility index (Phi) is 3.60. The molecule has 0 aliphatic rings. The van der Waals surface area contributed by atoms with Gasteiger partial charge in [-0.3, -0.25) is 10.1 Å². The summed E-state index contributed by atoms with van der Waals surface area (Å²) >= 11 is 0. The molecule has 0 amide bonds. The maximum absolute atomic E-state index is 10.8. The predicted molar refractivity (Wildman–Crippen MR) is 60.4 cm³/mol. The van der Waals surface area contributed by atoms with Crippen LogP contribution >= 0.6 is 0 Å². The van der Waals surface area contributed by atoms with Gasteiger partial charge in [-0.05, 0) is 13.8 Å². The molecular formula is C10H12N4O3. The molecule has 7 nitrogen and oxygen atoms in total. The van der Waals surface area contributed by atoms with Crippen molar-refractivity contribution in [3.63, 3.8) is 0 Å². The maximum atomic E-state index is 10.8. The minimum Gasteiger partial charge on any atom is -0.389 e. The first kappa shape index (κ1) is 12.9. The van der Waals surface area contributed by atoms with Crippen molar-refractivity contribution in [1.82, 2.24) is 4.98 Å². The number of pyridine rings is 1. The molecule has 0 bridgehead atoms. The van der Waals surface area contributed by atoms with Crippen LogP contribution in [-0.2, 0) is 0 Å². The largest absolute Gasteiger partial charge is 0.389 e. The summed E-state index contributed by atoms with van der Waals surface area (Å²) in [4.78, 5) is 13.9. The quantitative estimate of drug-likeness (QED) is 0.596. The van der Waals surface area contributed by atoms with E-state index in [4.69, 9.17) is 5.26 Å². The first-order valence-electron chi connectivity index (χ1n) is 4.84. The van der Waals surface area contributed by atoms with Gasteiger partial charge in [0.15, 0.2) is 0 Å². The maximum Gasteiger partial charge on any atom is 0.312 e. The van der Waals surface area contributed by atoms with Crippen molar-refractivity contribution in [2.45, 2.75) is 19.4 Å². The van der Waals surface area contributed by atoms with Crippen molar-refractivity contribution in [2.24, 2.45) is 0 Å². The van der Waals surface area contributed by atoms with Crippen LogP contribution in [0.15, 0.2) is 12.3 Å². The first-order chi connectivity index (χ1) is 7.83. The van der Waals surface area contributed by atoms with Gasteiger partial charge in [0.25, 0.3) is 0 Å². The molecule has 90 valence electrons. The standard InChI is InChI=1S/C10H12N4O3/c1-10(2,15)6-13-9-8(14(16)17)3-7(4-11)5-12-9/h3,5,15H,6H2,1-2H3,(H,12,13). The minimum atomic E-state index is -1.01. The highest BCUT2D eigenvalue weighted by molar-refractivity contribution is 5.58. The lowest BCUT2D eigenvalue weighted by Gasteiger charge is -2.17. The van der Waals surface area contributed by atoms with Crippen molar-refractivity contribution < 1.29 is 10.0 Å².